The Morgan fingerprint density at radius 3 is 2.55 bits per heavy atom. The number of carbonyl (C=O) groups excluding carboxylic acids is 2. The standard InChI is InChI=1S/C14H18FN3O2/c15-11-6-10(7-12(16)8-11)14(20)17-9-13(19)18-4-2-1-3-5-18/h6-8H,1-5,9,16H2,(H,17,20). The number of nitrogen functional groups attached to an aromatic ring is 1. The molecule has 1 aromatic rings. The fourth-order valence-electron chi connectivity index (χ4n) is 2.26. The van der Waals surface area contributed by atoms with Crippen molar-refractivity contribution in [2.75, 3.05) is 25.4 Å². The molecule has 0 spiro atoms. The molecule has 108 valence electrons. The lowest BCUT2D eigenvalue weighted by Crippen LogP contribution is -2.42. The second-order valence-corrected chi connectivity index (χ2v) is 4.90. The van der Waals surface area contributed by atoms with Gasteiger partial charge in [0, 0.05) is 24.3 Å². The highest BCUT2D eigenvalue weighted by atomic mass is 19.1. The van der Waals surface area contributed by atoms with Crippen molar-refractivity contribution in [1.82, 2.24) is 10.2 Å². The molecule has 0 saturated carbocycles. The van der Waals surface area contributed by atoms with Crippen LogP contribution in [0.3, 0.4) is 0 Å². The van der Waals surface area contributed by atoms with E-state index in [1.54, 1.807) is 4.90 Å². The molecule has 2 rings (SSSR count). The first kappa shape index (κ1) is 14.3. The molecule has 0 bridgehead atoms. The summed E-state index contributed by atoms with van der Waals surface area (Å²) in [7, 11) is 0. The summed E-state index contributed by atoms with van der Waals surface area (Å²) < 4.78 is 13.1. The van der Waals surface area contributed by atoms with Crippen LogP contribution in [0.1, 0.15) is 29.6 Å². The number of hydrogen-bond donors (Lipinski definition) is 2. The van der Waals surface area contributed by atoms with Crippen LogP contribution in [0.25, 0.3) is 0 Å². The van der Waals surface area contributed by atoms with Crippen LogP contribution in [0.5, 0.6) is 0 Å². The lowest BCUT2D eigenvalue weighted by molar-refractivity contribution is -0.130. The number of halogens is 1. The number of benzene rings is 1. The predicted octanol–water partition coefficient (Wildman–Crippen LogP) is 1.15. The molecule has 2 amide bonds. The van der Waals surface area contributed by atoms with E-state index in [0.29, 0.717) is 0 Å². The molecular formula is C14H18FN3O2. The average molecular weight is 279 g/mol. The van der Waals surface area contributed by atoms with Crippen LogP contribution in [-0.4, -0.2) is 36.3 Å². The summed E-state index contributed by atoms with van der Waals surface area (Å²) in [4.78, 5) is 25.5. The van der Waals surface area contributed by atoms with E-state index in [2.05, 4.69) is 5.32 Å². The SMILES string of the molecule is Nc1cc(F)cc(C(=O)NCC(=O)N2CCCCC2)c1. The summed E-state index contributed by atoms with van der Waals surface area (Å²) in [6, 6.07) is 3.61. The van der Waals surface area contributed by atoms with Crippen LogP contribution in [0.2, 0.25) is 0 Å². The molecule has 20 heavy (non-hydrogen) atoms. The first-order valence-corrected chi connectivity index (χ1v) is 6.68. The van der Waals surface area contributed by atoms with Crippen LogP contribution in [-0.2, 0) is 4.79 Å². The van der Waals surface area contributed by atoms with Gasteiger partial charge in [0.1, 0.15) is 5.82 Å². The van der Waals surface area contributed by atoms with Crippen molar-refractivity contribution in [3.05, 3.63) is 29.6 Å². The largest absolute Gasteiger partial charge is 0.399 e. The third kappa shape index (κ3) is 3.69. The molecule has 5 nitrogen and oxygen atoms in total. The maximum Gasteiger partial charge on any atom is 0.251 e. The minimum Gasteiger partial charge on any atom is -0.399 e. The number of hydrogen-bond acceptors (Lipinski definition) is 3. The lowest BCUT2D eigenvalue weighted by Gasteiger charge is -2.26. The Morgan fingerprint density at radius 1 is 1.20 bits per heavy atom. The highest BCUT2D eigenvalue weighted by molar-refractivity contribution is 5.97. The highest BCUT2D eigenvalue weighted by Gasteiger charge is 2.17. The number of piperidine rings is 1. The van der Waals surface area contributed by atoms with Crippen molar-refractivity contribution in [2.45, 2.75) is 19.3 Å². The Labute approximate surface area is 116 Å². The molecular weight excluding hydrogens is 261 g/mol. The zero-order valence-corrected chi connectivity index (χ0v) is 11.2. The minimum absolute atomic E-state index is 0.0742. The van der Waals surface area contributed by atoms with Crippen molar-refractivity contribution in [3.63, 3.8) is 0 Å². The van der Waals surface area contributed by atoms with Crippen LogP contribution >= 0.6 is 0 Å². The van der Waals surface area contributed by atoms with Crippen molar-refractivity contribution in [2.24, 2.45) is 0 Å². The van der Waals surface area contributed by atoms with Gasteiger partial charge in [-0.25, -0.2) is 4.39 Å². The average Bonchev–Trinajstić information content (AvgIpc) is 2.44. The number of nitrogens with zero attached hydrogens (tertiary/aromatic N) is 1. The molecule has 0 radical (unpaired) electrons. The topological polar surface area (TPSA) is 75.4 Å². The molecule has 1 saturated heterocycles. The normalized spacial score (nSPS) is 14.9. The maximum absolute atomic E-state index is 13.1. The van der Waals surface area contributed by atoms with Gasteiger partial charge in [0.15, 0.2) is 0 Å². The summed E-state index contributed by atoms with van der Waals surface area (Å²) in [5.41, 5.74) is 5.77. The van der Waals surface area contributed by atoms with E-state index >= 15 is 0 Å². The minimum atomic E-state index is -0.572. The van der Waals surface area contributed by atoms with E-state index in [9.17, 15) is 14.0 Å². The number of likely N-dealkylation sites (tertiary alicyclic amines) is 1. The Kier molecular flexibility index (Phi) is 4.55. The van der Waals surface area contributed by atoms with Crippen LogP contribution in [0, 0.1) is 5.82 Å². The van der Waals surface area contributed by atoms with E-state index in [1.165, 1.54) is 6.07 Å². The van der Waals surface area contributed by atoms with Gasteiger partial charge in [-0.2, -0.15) is 0 Å². The van der Waals surface area contributed by atoms with Crippen molar-refractivity contribution in [1.29, 1.82) is 0 Å². The Balaban J connectivity index is 1.89. The number of nitrogens with two attached hydrogens (primary N) is 1. The van der Waals surface area contributed by atoms with Gasteiger partial charge in [0.05, 0.1) is 6.54 Å². The van der Waals surface area contributed by atoms with Gasteiger partial charge in [0.2, 0.25) is 5.91 Å². The highest BCUT2D eigenvalue weighted by Crippen LogP contribution is 2.11. The van der Waals surface area contributed by atoms with Crippen LogP contribution < -0.4 is 11.1 Å². The predicted molar refractivity (Wildman–Crippen MR) is 73.6 cm³/mol. The summed E-state index contributed by atoms with van der Waals surface area (Å²) >= 11 is 0. The fourth-order valence-corrected chi connectivity index (χ4v) is 2.26. The fraction of sp³-hybridized carbons (Fsp3) is 0.429. The zero-order chi connectivity index (χ0) is 14.5. The molecule has 6 heteroatoms. The molecule has 1 aromatic carbocycles. The van der Waals surface area contributed by atoms with E-state index < -0.39 is 11.7 Å². The number of amides is 2. The van der Waals surface area contributed by atoms with Crippen molar-refractivity contribution in [3.8, 4) is 0 Å². The van der Waals surface area contributed by atoms with Gasteiger partial charge in [-0.1, -0.05) is 0 Å². The second kappa shape index (κ2) is 6.36. The van der Waals surface area contributed by atoms with E-state index in [1.807, 2.05) is 0 Å². The third-order valence-electron chi connectivity index (χ3n) is 3.29. The van der Waals surface area contributed by atoms with Gasteiger partial charge in [-0.15, -0.1) is 0 Å². The molecule has 0 aliphatic carbocycles. The molecule has 1 fully saturated rings. The van der Waals surface area contributed by atoms with E-state index in [0.717, 1.165) is 44.5 Å². The monoisotopic (exact) mass is 279 g/mol. The molecule has 0 unspecified atom stereocenters. The molecule has 0 atom stereocenters. The van der Waals surface area contributed by atoms with Crippen LogP contribution in [0.4, 0.5) is 10.1 Å². The van der Waals surface area contributed by atoms with E-state index in [4.69, 9.17) is 5.73 Å². The van der Waals surface area contributed by atoms with E-state index in [-0.39, 0.29) is 23.7 Å². The molecule has 1 aliphatic heterocycles. The molecule has 0 aromatic heterocycles. The summed E-state index contributed by atoms with van der Waals surface area (Å²) in [6.07, 6.45) is 3.14. The number of rotatable bonds is 3. The molecule has 1 aliphatic rings. The van der Waals surface area contributed by atoms with Crippen LogP contribution in [0.15, 0.2) is 18.2 Å². The maximum atomic E-state index is 13.1. The van der Waals surface area contributed by atoms with Crippen molar-refractivity contribution < 1.29 is 14.0 Å². The second-order valence-electron chi connectivity index (χ2n) is 4.90. The molecule has 3 N–H and O–H groups in total. The van der Waals surface area contributed by atoms with Gasteiger partial charge < -0.3 is 16.0 Å². The molecule has 1 heterocycles. The number of carbonyl (C=O) groups is 2. The first-order chi connectivity index (χ1) is 9.56. The van der Waals surface area contributed by atoms with Gasteiger partial charge >= 0.3 is 0 Å². The summed E-state index contributed by atoms with van der Waals surface area (Å²) in [5, 5.41) is 2.50. The number of anilines is 1. The zero-order valence-electron chi connectivity index (χ0n) is 11.2. The quantitative estimate of drug-likeness (QED) is 0.815. The van der Waals surface area contributed by atoms with Crippen molar-refractivity contribution >= 4 is 17.5 Å². The summed E-state index contributed by atoms with van der Waals surface area (Å²) in [6.45, 7) is 1.40. The van der Waals surface area contributed by atoms with Gasteiger partial charge in [0.25, 0.3) is 5.91 Å². The Morgan fingerprint density at radius 2 is 1.90 bits per heavy atom. The lowest BCUT2D eigenvalue weighted by atomic mass is 10.1. The first-order valence-electron chi connectivity index (χ1n) is 6.68. The number of nitrogens with one attached hydrogen (secondary N) is 1. The smallest absolute Gasteiger partial charge is 0.251 e. The van der Waals surface area contributed by atoms with Gasteiger partial charge in [-0.05, 0) is 37.5 Å². The summed E-state index contributed by atoms with van der Waals surface area (Å²) in [5.74, 6) is -1.18. The Bertz CT molecular complexity index is 493. The third-order valence-corrected chi connectivity index (χ3v) is 3.29. The Hall–Kier alpha value is -2.11. The van der Waals surface area contributed by atoms with Gasteiger partial charge in [-0.3, -0.25) is 9.59 Å².